The molecule has 0 N–H and O–H groups in total. The smallest absolute Gasteiger partial charge is 0.243 e. The summed E-state index contributed by atoms with van der Waals surface area (Å²) in [5.41, 5.74) is 0. The van der Waals surface area contributed by atoms with E-state index in [-0.39, 0.29) is 6.04 Å². The number of nitrogens with zero attached hydrogens (tertiary/aromatic N) is 4. The molecule has 6 heteroatoms. The van der Waals surface area contributed by atoms with Crippen molar-refractivity contribution in [2.75, 3.05) is 32.7 Å². The molecule has 0 spiro atoms. The van der Waals surface area contributed by atoms with Crippen molar-refractivity contribution in [2.45, 2.75) is 32.7 Å². The molecule has 3 heterocycles. The molecule has 1 aliphatic rings. The maximum atomic E-state index is 5.38. The second-order valence-corrected chi connectivity index (χ2v) is 6.82. The van der Waals surface area contributed by atoms with E-state index in [1.165, 1.54) is 4.88 Å². The summed E-state index contributed by atoms with van der Waals surface area (Å²) in [6.07, 6.45) is 1.99. The number of hydrogen-bond acceptors (Lipinski definition) is 6. The number of rotatable bonds is 6. The van der Waals surface area contributed by atoms with Crippen LogP contribution in [0.25, 0.3) is 0 Å². The summed E-state index contributed by atoms with van der Waals surface area (Å²) in [6, 6.07) is 4.57. The Morgan fingerprint density at radius 1 is 1.32 bits per heavy atom. The van der Waals surface area contributed by atoms with Crippen LogP contribution in [-0.2, 0) is 12.8 Å². The van der Waals surface area contributed by atoms with Gasteiger partial charge in [-0.2, -0.15) is 4.98 Å². The van der Waals surface area contributed by atoms with Crippen molar-refractivity contribution < 1.29 is 4.52 Å². The van der Waals surface area contributed by atoms with Gasteiger partial charge in [-0.15, -0.1) is 11.3 Å². The summed E-state index contributed by atoms with van der Waals surface area (Å²) in [4.78, 5) is 10.9. The van der Waals surface area contributed by atoms with Crippen molar-refractivity contribution in [3.05, 3.63) is 34.1 Å². The Morgan fingerprint density at radius 3 is 2.77 bits per heavy atom. The van der Waals surface area contributed by atoms with Gasteiger partial charge < -0.3 is 9.42 Å². The molecule has 22 heavy (non-hydrogen) atoms. The molecule has 1 aliphatic heterocycles. The van der Waals surface area contributed by atoms with E-state index in [9.17, 15) is 0 Å². The summed E-state index contributed by atoms with van der Waals surface area (Å²) in [5.74, 6) is 1.56. The highest BCUT2D eigenvalue weighted by molar-refractivity contribution is 7.09. The van der Waals surface area contributed by atoms with Gasteiger partial charge in [-0.3, -0.25) is 4.90 Å². The zero-order valence-electron chi connectivity index (χ0n) is 13.4. The zero-order valence-corrected chi connectivity index (χ0v) is 14.2. The van der Waals surface area contributed by atoms with E-state index in [1.54, 1.807) is 0 Å². The third-order valence-corrected chi connectivity index (χ3v) is 5.30. The number of thiophene rings is 1. The van der Waals surface area contributed by atoms with Crippen LogP contribution in [0.4, 0.5) is 0 Å². The van der Waals surface area contributed by atoms with Crippen molar-refractivity contribution in [1.82, 2.24) is 19.9 Å². The molecule has 120 valence electrons. The number of hydrogen-bond donors (Lipinski definition) is 0. The Bertz CT molecular complexity index is 560. The van der Waals surface area contributed by atoms with E-state index >= 15 is 0 Å². The van der Waals surface area contributed by atoms with Crippen LogP contribution in [0, 0.1) is 0 Å². The maximum absolute atomic E-state index is 5.38. The van der Waals surface area contributed by atoms with Crippen molar-refractivity contribution in [3.8, 4) is 0 Å². The fourth-order valence-corrected chi connectivity index (χ4v) is 3.53. The van der Waals surface area contributed by atoms with Gasteiger partial charge in [0.25, 0.3) is 0 Å². The number of aromatic nitrogens is 2. The monoisotopic (exact) mass is 320 g/mol. The molecule has 2 aromatic heterocycles. The Morgan fingerprint density at radius 2 is 2.14 bits per heavy atom. The lowest BCUT2D eigenvalue weighted by molar-refractivity contribution is 0.0891. The summed E-state index contributed by atoms with van der Waals surface area (Å²) < 4.78 is 5.38. The van der Waals surface area contributed by atoms with Gasteiger partial charge in [0, 0.05) is 44.0 Å². The highest BCUT2D eigenvalue weighted by Gasteiger charge is 2.25. The molecule has 0 amide bonds. The first-order valence-electron chi connectivity index (χ1n) is 8.07. The van der Waals surface area contributed by atoms with Gasteiger partial charge >= 0.3 is 0 Å². The van der Waals surface area contributed by atoms with Gasteiger partial charge in [-0.25, -0.2) is 0 Å². The topological polar surface area (TPSA) is 45.4 Å². The predicted molar refractivity (Wildman–Crippen MR) is 88.1 cm³/mol. The summed E-state index contributed by atoms with van der Waals surface area (Å²) in [5, 5.41) is 6.16. The Hall–Kier alpha value is -1.24. The van der Waals surface area contributed by atoms with E-state index in [2.05, 4.69) is 44.4 Å². The minimum atomic E-state index is 0.215. The quantitative estimate of drug-likeness (QED) is 0.819. The second kappa shape index (κ2) is 7.35. The summed E-state index contributed by atoms with van der Waals surface area (Å²) in [6.45, 7) is 9.73. The van der Waals surface area contributed by atoms with Gasteiger partial charge in [0.2, 0.25) is 5.89 Å². The largest absolute Gasteiger partial charge is 0.338 e. The molecule has 0 bridgehead atoms. The average molecular weight is 320 g/mol. The lowest BCUT2D eigenvalue weighted by Gasteiger charge is -2.36. The third kappa shape index (κ3) is 3.74. The molecule has 5 nitrogen and oxygen atoms in total. The lowest BCUT2D eigenvalue weighted by atomic mass is 10.2. The van der Waals surface area contributed by atoms with E-state index in [1.807, 2.05) is 18.3 Å². The molecule has 0 radical (unpaired) electrons. The predicted octanol–water partition coefficient (Wildman–Crippen LogP) is 2.61. The highest BCUT2D eigenvalue weighted by Crippen LogP contribution is 2.20. The van der Waals surface area contributed by atoms with E-state index in [0.717, 1.165) is 57.3 Å². The minimum Gasteiger partial charge on any atom is -0.338 e. The standard InChI is InChI=1S/C16H24N4OS/c1-3-15-17-16(21-18-15)13(2)20-10-8-19(9-11-20)7-6-14-5-4-12-22-14/h4-5,12-13H,3,6-11H2,1-2H3/t13-/m1/s1. The van der Waals surface area contributed by atoms with Crippen LogP contribution in [-0.4, -0.2) is 52.7 Å². The van der Waals surface area contributed by atoms with Crippen LogP contribution >= 0.6 is 11.3 Å². The SMILES string of the molecule is CCc1noc([C@@H](C)N2CCN(CCc3cccs3)CC2)n1. The lowest BCUT2D eigenvalue weighted by Crippen LogP contribution is -2.47. The molecule has 0 aliphatic carbocycles. The van der Waals surface area contributed by atoms with Crippen LogP contribution in [0.5, 0.6) is 0 Å². The molecule has 1 fully saturated rings. The van der Waals surface area contributed by atoms with Gasteiger partial charge in [0.05, 0.1) is 6.04 Å². The van der Waals surface area contributed by atoms with Crippen molar-refractivity contribution in [1.29, 1.82) is 0 Å². The third-order valence-electron chi connectivity index (χ3n) is 4.37. The first-order chi connectivity index (χ1) is 10.8. The fourth-order valence-electron chi connectivity index (χ4n) is 2.83. The highest BCUT2D eigenvalue weighted by atomic mass is 32.1. The van der Waals surface area contributed by atoms with Gasteiger partial charge in [0.1, 0.15) is 0 Å². The van der Waals surface area contributed by atoms with E-state index < -0.39 is 0 Å². The molecule has 3 rings (SSSR count). The van der Waals surface area contributed by atoms with Crippen molar-refractivity contribution >= 4 is 11.3 Å². The molecule has 1 atom stereocenters. The van der Waals surface area contributed by atoms with Crippen molar-refractivity contribution in [2.24, 2.45) is 0 Å². The normalized spacial score (nSPS) is 18.6. The zero-order chi connectivity index (χ0) is 15.4. The van der Waals surface area contributed by atoms with Crippen LogP contribution in [0.15, 0.2) is 22.0 Å². The van der Waals surface area contributed by atoms with Gasteiger partial charge in [0.15, 0.2) is 5.82 Å². The average Bonchev–Trinajstić information content (AvgIpc) is 3.24. The summed E-state index contributed by atoms with van der Waals surface area (Å²) in [7, 11) is 0. The Balaban J connectivity index is 1.46. The van der Waals surface area contributed by atoms with Crippen LogP contribution in [0.1, 0.15) is 36.5 Å². The molecule has 1 saturated heterocycles. The van der Waals surface area contributed by atoms with Crippen LogP contribution in [0.3, 0.4) is 0 Å². The first-order valence-corrected chi connectivity index (χ1v) is 8.95. The van der Waals surface area contributed by atoms with E-state index in [0.29, 0.717) is 0 Å². The molecule has 0 aromatic carbocycles. The number of piperazine rings is 1. The molecular formula is C16H24N4OS. The molecular weight excluding hydrogens is 296 g/mol. The summed E-state index contributed by atoms with van der Waals surface area (Å²) >= 11 is 1.85. The van der Waals surface area contributed by atoms with E-state index in [4.69, 9.17) is 4.52 Å². The van der Waals surface area contributed by atoms with Crippen LogP contribution in [0.2, 0.25) is 0 Å². The van der Waals surface area contributed by atoms with Crippen molar-refractivity contribution in [3.63, 3.8) is 0 Å². The minimum absolute atomic E-state index is 0.215. The molecule has 0 saturated carbocycles. The van der Waals surface area contributed by atoms with Gasteiger partial charge in [-0.1, -0.05) is 18.1 Å². The number of aryl methyl sites for hydroxylation is 1. The first kappa shape index (κ1) is 15.6. The second-order valence-electron chi connectivity index (χ2n) is 5.79. The molecule has 0 unspecified atom stereocenters. The van der Waals surface area contributed by atoms with Crippen LogP contribution < -0.4 is 0 Å². The Labute approximate surface area is 135 Å². The Kier molecular flexibility index (Phi) is 5.23. The van der Waals surface area contributed by atoms with Gasteiger partial charge in [-0.05, 0) is 24.8 Å². The maximum Gasteiger partial charge on any atom is 0.243 e. The fraction of sp³-hybridized carbons (Fsp3) is 0.625. The molecule has 2 aromatic rings.